The Morgan fingerprint density at radius 2 is 1.86 bits per heavy atom. The van der Waals surface area contributed by atoms with Gasteiger partial charge in [-0.25, -0.2) is 4.98 Å². The van der Waals surface area contributed by atoms with Gasteiger partial charge in [-0.2, -0.15) is 0 Å². The van der Waals surface area contributed by atoms with Gasteiger partial charge in [0.25, 0.3) is 0 Å². The Labute approximate surface area is 132 Å². The van der Waals surface area contributed by atoms with Gasteiger partial charge in [0.05, 0.1) is 5.56 Å². The first-order chi connectivity index (χ1) is 9.84. The van der Waals surface area contributed by atoms with E-state index in [1.54, 1.807) is 0 Å². The van der Waals surface area contributed by atoms with Crippen LogP contribution in [0.25, 0.3) is 22.6 Å². The van der Waals surface area contributed by atoms with Crippen LogP contribution in [0.5, 0.6) is 0 Å². The molecule has 2 aromatic carbocycles. The van der Waals surface area contributed by atoms with E-state index in [1.807, 2.05) is 24.3 Å². The standard InChI is InChI=1S/C17H17BrN2O/c1-17(2,3)10-4-7-15-14(8-10)20-16(21-15)12-9-11(19)5-6-13(12)18/h4-9H,19H2,1-3H3. The molecule has 3 nitrogen and oxygen atoms in total. The first-order valence-electron chi connectivity index (χ1n) is 6.81. The molecule has 1 heterocycles. The third-order valence-electron chi connectivity index (χ3n) is 3.47. The molecule has 21 heavy (non-hydrogen) atoms. The SMILES string of the molecule is CC(C)(C)c1ccc2oc(-c3cc(N)ccc3Br)nc2c1. The summed E-state index contributed by atoms with van der Waals surface area (Å²) in [5, 5.41) is 0. The molecule has 0 radical (unpaired) electrons. The molecule has 0 atom stereocenters. The largest absolute Gasteiger partial charge is 0.436 e. The van der Waals surface area contributed by atoms with E-state index in [9.17, 15) is 0 Å². The Hall–Kier alpha value is -1.81. The molecule has 0 saturated carbocycles. The van der Waals surface area contributed by atoms with Gasteiger partial charge in [-0.1, -0.05) is 26.8 Å². The average Bonchev–Trinajstić information content (AvgIpc) is 2.83. The van der Waals surface area contributed by atoms with E-state index < -0.39 is 0 Å². The van der Waals surface area contributed by atoms with Gasteiger partial charge in [0.1, 0.15) is 5.52 Å². The number of fused-ring (bicyclic) bond motifs is 1. The van der Waals surface area contributed by atoms with E-state index in [1.165, 1.54) is 5.56 Å². The molecule has 0 spiro atoms. The summed E-state index contributed by atoms with van der Waals surface area (Å²) in [5.41, 5.74) is 10.4. The van der Waals surface area contributed by atoms with Gasteiger partial charge in [0, 0.05) is 10.2 Å². The molecule has 0 aliphatic carbocycles. The minimum Gasteiger partial charge on any atom is -0.436 e. The van der Waals surface area contributed by atoms with Gasteiger partial charge in [-0.3, -0.25) is 0 Å². The highest BCUT2D eigenvalue weighted by Gasteiger charge is 2.17. The predicted molar refractivity (Wildman–Crippen MR) is 90.3 cm³/mol. The Balaban J connectivity index is 2.15. The average molecular weight is 345 g/mol. The van der Waals surface area contributed by atoms with Gasteiger partial charge >= 0.3 is 0 Å². The quantitative estimate of drug-likeness (QED) is 0.622. The fourth-order valence-electron chi connectivity index (χ4n) is 2.22. The van der Waals surface area contributed by atoms with E-state index in [-0.39, 0.29) is 5.41 Å². The van der Waals surface area contributed by atoms with Crippen LogP contribution in [-0.4, -0.2) is 4.98 Å². The molecule has 0 saturated heterocycles. The number of hydrogen-bond acceptors (Lipinski definition) is 3. The zero-order valence-electron chi connectivity index (χ0n) is 12.3. The first kappa shape index (κ1) is 14.1. The van der Waals surface area contributed by atoms with Gasteiger partial charge in [-0.05, 0) is 57.2 Å². The van der Waals surface area contributed by atoms with Gasteiger partial charge in [-0.15, -0.1) is 0 Å². The summed E-state index contributed by atoms with van der Waals surface area (Å²) in [6.45, 7) is 6.55. The van der Waals surface area contributed by atoms with Crippen LogP contribution in [0, 0.1) is 0 Å². The molecule has 108 valence electrons. The monoisotopic (exact) mass is 344 g/mol. The number of oxazole rings is 1. The van der Waals surface area contributed by atoms with E-state index in [0.717, 1.165) is 21.1 Å². The van der Waals surface area contributed by atoms with Crippen molar-refractivity contribution in [1.82, 2.24) is 4.98 Å². The zero-order valence-corrected chi connectivity index (χ0v) is 13.9. The van der Waals surface area contributed by atoms with E-state index >= 15 is 0 Å². The summed E-state index contributed by atoms with van der Waals surface area (Å²) < 4.78 is 6.78. The lowest BCUT2D eigenvalue weighted by Gasteiger charge is -2.18. The van der Waals surface area contributed by atoms with Crippen molar-refractivity contribution in [3.63, 3.8) is 0 Å². The molecule has 4 heteroatoms. The van der Waals surface area contributed by atoms with Crippen molar-refractivity contribution in [3.05, 3.63) is 46.4 Å². The van der Waals surface area contributed by atoms with Crippen LogP contribution in [0.3, 0.4) is 0 Å². The van der Waals surface area contributed by atoms with E-state index in [4.69, 9.17) is 10.2 Å². The highest BCUT2D eigenvalue weighted by molar-refractivity contribution is 9.10. The lowest BCUT2D eigenvalue weighted by Crippen LogP contribution is -2.10. The number of anilines is 1. The molecule has 0 unspecified atom stereocenters. The number of nitrogen functional groups attached to an aromatic ring is 1. The molecule has 0 amide bonds. The second kappa shape index (κ2) is 4.88. The molecule has 3 aromatic rings. The molecular weight excluding hydrogens is 328 g/mol. The summed E-state index contributed by atoms with van der Waals surface area (Å²) in [6.07, 6.45) is 0. The molecule has 0 fully saturated rings. The Morgan fingerprint density at radius 3 is 2.57 bits per heavy atom. The fourth-order valence-corrected chi connectivity index (χ4v) is 2.63. The third-order valence-corrected chi connectivity index (χ3v) is 4.17. The van der Waals surface area contributed by atoms with Gasteiger partial charge in [0.2, 0.25) is 5.89 Å². The van der Waals surface area contributed by atoms with Crippen molar-refractivity contribution in [1.29, 1.82) is 0 Å². The number of hydrogen-bond donors (Lipinski definition) is 1. The normalized spacial score (nSPS) is 12.0. The van der Waals surface area contributed by atoms with Crippen molar-refractivity contribution >= 4 is 32.7 Å². The number of nitrogens with zero attached hydrogens (tertiary/aromatic N) is 1. The minimum atomic E-state index is 0.0884. The topological polar surface area (TPSA) is 52.0 Å². The van der Waals surface area contributed by atoms with Crippen molar-refractivity contribution < 1.29 is 4.42 Å². The van der Waals surface area contributed by atoms with Gasteiger partial charge < -0.3 is 10.2 Å². The van der Waals surface area contributed by atoms with Crippen molar-refractivity contribution in [2.45, 2.75) is 26.2 Å². The van der Waals surface area contributed by atoms with Crippen molar-refractivity contribution in [2.75, 3.05) is 5.73 Å². The Kier molecular flexibility index (Phi) is 3.29. The maximum absolute atomic E-state index is 5.86. The highest BCUT2D eigenvalue weighted by Crippen LogP contribution is 2.33. The van der Waals surface area contributed by atoms with Gasteiger partial charge in [0.15, 0.2) is 5.58 Å². The van der Waals surface area contributed by atoms with Crippen LogP contribution in [-0.2, 0) is 5.41 Å². The minimum absolute atomic E-state index is 0.0884. The number of aromatic nitrogens is 1. The number of benzene rings is 2. The van der Waals surface area contributed by atoms with Crippen LogP contribution in [0.2, 0.25) is 0 Å². The lowest BCUT2D eigenvalue weighted by atomic mass is 9.87. The second-order valence-electron chi connectivity index (χ2n) is 6.19. The van der Waals surface area contributed by atoms with Crippen LogP contribution in [0.15, 0.2) is 45.3 Å². The summed E-state index contributed by atoms with van der Waals surface area (Å²) in [7, 11) is 0. The fraction of sp³-hybridized carbons (Fsp3) is 0.235. The van der Waals surface area contributed by atoms with E-state index in [0.29, 0.717) is 11.6 Å². The molecule has 2 N–H and O–H groups in total. The summed E-state index contributed by atoms with van der Waals surface area (Å²) >= 11 is 3.52. The predicted octanol–water partition coefficient (Wildman–Crippen LogP) is 5.14. The third kappa shape index (κ3) is 2.68. The highest BCUT2D eigenvalue weighted by atomic mass is 79.9. The summed E-state index contributed by atoms with van der Waals surface area (Å²) in [6, 6.07) is 11.8. The summed E-state index contributed by atoms with van der Waals surface area (Å²) in [5.74, 6) is 0.579. The number of rotatable bonds is 1. The molecule has 1 aromatic heterocycles. The van der Waals surface area contributed by atoms with Crippen LogP contribution >= 0.6 is 15.9 Å². The maximum Gasteiger partial charge on any atom is 0.228 e. The van der Waals surface area contributed by atoms with Crippen molar-refractivity contribution in [2.24, 2.45) is 0 Å². The lowest BCUT2D eigenvalue weighted by molar-refractivity contribution is 0.590. The first-order valence-corrected chi connectivity index (χ1v) is 7.60. The van der Waals surface area contributed by atoms with Crippen LogP contribution in [0.1, 0.15) is 26.3 Å². The molecule has 0 aliphatic rings. The van der Waals surface area contributed by atoms with E-state index in [2.05, 4.69) is 53.8 Å². The molecule has 3 rings (SSSR count). The molecular formula is C17H17BrN2O. The second-order valence-corrected chi connectivity index (χ2v) is 7.05. The Bertz CT molecular complexity index is 815. The van der Waals surface area contributed by atoms with Crippen LogP contribution in [0.4, 0.5) is 5.69 Å². The zero-order chi connectivity index (χ0) is 15.2. The summed E-state index contributed by atoms with van der Waals surface area (Å²) in [4.78, 5) is 4.61. The van der Waals surface area contributed by atoms with Crippen molar-refractivity contribution in [3.8, 4) is 11.5 Å². The number of halogens is 1. The van der Waals surface area contributed by atoms with Crippen LogP contribution < -0.4 is 5.73 Å². The maximum atomic E-state index is 5.86. The number of nitrogens with two attached hydrogens (primary N) is 1. The smallest absolute Gasteiger partial charge is 0.228 e. The Morgan fingerprint density at radius 1 is 1.10 bits per heavy atom. The molecule has 0 bridgehead atoms. The molecule has 0 aliphatic heterocycles.